The molecular weight excluding hydrogens is 360 g/mol. The Morgan fingerprint density at radius 1 is 1.32 bits per heavy atom. The smallest absolute Gasteiger partial charge is 0.334 e. The monoisotopic (exact) mass is 390 g/mol. The summed E-state index contributed by atoms with van der Waals surface area (Å²) in [5.41, 5.74) is 0.273. The minimum Gasteiger partial charge on any atom is -0.478 e. The van der Waals surface area contributed by atoms with Crippen LogP contribution in [0.3, 0.4) is 0 Å². The van der Waals surface area contributed by atoms with E-state index in [0.717, 1.165) is 19.3 Å². The first-order chi connectivity index (χ1) is 13.1. The van der Waals surface area contributed by atoms with Gasteiger partial charge in [0.2, 0.25) is 0 Å². The van der Waals surface area contributed by atoms with Crippen LogP contribution in [0.15, 0.2) is 23.3 Å². The van der Waals surface area contributed by atoms with Crippen molar-refractivity contribution in [1.82, 2.24) is 0 Å². The molecule has 3 rings (SSSR count). The van der Waals surface area contributed by atoms with Gasteiger partial charge in [0.05, 0.1) is 0 Å². The number of carbonyl (C=O) groups is 3. The first-order valence-electron chi connectivity index (χ1n) is 10.1. The number of aliphatic carboxylic acids is 1. The van der Waals surface area contributed by atoms with Crippen molar-refractivity contribution in [3.63, 3.8) is 0 Å². The van der Waals surface area contributed by atoms with Crippen LogP contribution in [0.2, 0.25) is 0 Å². The average molecular weight is 390 g/mol. The third-order valence-corrected chi connectivity index (χ3v) is 7.49. The first kappa shape index (κ1) is 20.6. The first-order valence-corrected chi connectivity index (χ1v) is 10.1. The SMILES string of the molecule is CC(=O)O[C@H]1C[C@]2(C)C(C(=O)O)=CCC[C@H]2[C@](C)(CCC2=CCOC2=O)[C@H]1C. The Morgan fingerprint density at radius 3 is 2.61 bits per heavy atom. The number of carboxylic acids is 1. The zero-order valence-corrected chi connectivity index (χ0v) is 17.1. The third kappa shape index (κ3) is 3.38. The number of ether oxygens (including phenoxy) is 2. The number of hydrogen-bond donors (Lipinski definition) is 1. The van der Waals surface area contributed by atoms with E-state index >= 15 is 0 Å². The summed E-state index contributed by atoms with van der Waals surface area (Å²) in [4.78, 5) is 35.6. The highest BCUT2D eigenvalue weighted by Crippen LogP contribution is 2.62. The van der Waals surface area contributed by atoms with Gasteiger partial charge in [-0.15, -0.1) is 0 Å². The van der Waals surface area contributed by atoms with E-state index in [4.69, 9.17) is 9.47 Å². The van der Waals surface area contributed by atoms with Gasteiger partial charge in [0, 0.05) is 23.5 Å². The molecule has 0 unspecified atom stereocenters. The van der Waals surface area contributed by atoms with Gasteiger partial charge in [0.25, 0.3) is 0 Å². The summed E-state index contributed by atoms with van der Waals surface area (Å²) < 4.78 is 10.7. The molecule has 1 aliphatic heterocycles. The molecule has 1 fully saturated rings. The molecular formula is C22H30O6. The van der Waals surface area contributed by atoms with Crippen LogP contribution in [-0.2, 0) is 23.9 Å². The molecule has 1 heterocycles. The molecule has 1 saturated carbocycles. The second kappa shape index (κ2) is 7.37. The van der Waals surface area contributed by atoms with E-state index in [0.29, 0.717) is 30.6 Å². The number of carboxylic acid groups (broad SMARTS) is 1. The molecule has 0 aromatic rings. The summed E-state index contributed by atoms with van der Waals surface area (Å²) in [5.74, 6) is -1.31. The zero-order chi connectivity index (χ0) is 20.7. The van der Waals surface area contributed by atoms with Crippen molar-refractivity contribution in [2.45, 2.75) is 65.9 Å². The fourth-order valence-electron chi connectivity index (χ4n) is 5.87. The summed E-state index contributed by atoms with van der Waals surface area (Å²) >= 11 is 0. The molecule has 0 radical (unpaired) electrons. The Kier molecular flexibility index (Phi) is 5.43. The Labute approximate surface area is 166 Å². The molecule has 6 nitrogen and oxygen atoms in total. The van der Waals surface area contributed by atoms with Gasteiger partial charge in [-0.2, -0.15) is 0 Å². The molecule has 154 valence electrons. The fraction of sp³-hybridized carbons (Fsp3) is 0.682. The Balaban J connectivity index is 1.97. The molecule has 0 amide bonds. The lowest BCUT2D eigenvalue weighted by Gasteiger charge is -2.59. The minimum atomic E-state index is -0.896. The van der Waals surface area contributed by atoms with E-state index in [9.17, 15) is 19.5 Å². The van der Waals surface area contributed by atoms with Crippen LogP contribution < -0.4 is 0 Å². The highest BCUT2D eigenvalue weighted by molar-refractivity contribution is 5.90. The van der Waals surface area contributed by atoms with Crippen molar-refractivity contribution in [3.8, 4) is 0 Å². The van der Waals surface area contributed by atoms with Crippen LogP contribution in [-0.4, -0.2) is 35.7 Å². The van der Waals surface area contributed by atoms with E-state index < -0.39 is 11.4 Å². The maximum absolute atomic E-state index is 12.0. The molecule has 0 aromatic carbocycles. The van der Waals surface area contributed by atoms with E-state index in [1.54, 1.807) is 0 Å². The summed E-state index contributed by atoms with van der Waals surface area (Å²) in [6, 6.07) is 0. The molecule has 0 spiro atoms. The van der Waals surface area contributed by atoms with Gasteiger partial charge in [0.15, 0.2) is 0 Å². The molecule has 0 bridgehead atoms. The number of allylic oxidation sites excluding steroid dienone is 1. The van der Waals surface area contributed by atoms with Crippen molar-refractivity contribution in [3.05, 3.63) is 23.3 Å². The minimum absolute atomic E-state index is 0.0562. The molecule has 5 atom stereocenters. The largest absolute Gasteiger partial charge is 0.478 e. The van der Waals surface area contributed by atoms with Crippen LogP contribution in [0, 0.1) is 22.7 Å². The lowest BCUT2D eigenvalue weighted by Crippen LogP contribution is -2.56. The van der Waals surface area contributed by atoms with Gasteiger partial charge in [-0.05, 0) is 55.4 Å². The standard InChI is InChI=1S/C22H30O6/c1-13-17(28-14(2)23)12-22(4)16(19(24)25)6-5-7-18(22)21(13,3)10-8-15-9-11-27-20(15)26/h6,9,13,17-18H,5,7-8,10-12H2,1-4H3,(H,24,25)/t13-,17-,18-,21+,22+/m0/s1. The molecule has 2 aliphatic carbocycles. The molecule has 1 N–H and O–H groups in total. The number of esters is 2. The lowest BCUT2D eigenvalue weighted by molar-refractivity contribution is -0.171. The predicted octanol–water partition coefficient (Wildman–Crippen LogP) is 3.65. The Bertz CT molecular complexity index is 750. The maximum atomic E-state index is 12.0. The molecule has 28 heavy (non-hydrogen) atoms. The molecule has 6 heteroatoms. The van der Waals surface area contributed by atoms with Crippen molar-refractivity contribution in [1.29, 1.82) is 0 Å². The molecule has 0 aromatic heterocycles. The van der Waals surface area contributed by atoms with Crippen molar-refractivity contribution >= 4 is 17.9 Å². The summed E-state index contributed by atoms with van der Waals surface area (Å²) in [6.45, 7) is 7.98. The topological polar surface area (TPSA) is 89.9 Å². The second-order valence-electron chi connectivity index (χ2n) is 8.94. The Hall–Kier alpha value is -2.11. The fourth-order valence-corrected chi connectivity index (χ4v) is 5.87. The second-order valence-corrected chi connectivity index (χ2v) is 8.94. The maximum Gasteiger partial charge on any atom is 0.334 e. The Morgan fingerprint density at radius 2 is 2.04 bits per heavy atom. The van der Waals surface area contributed by atoms with Crippen LogP contribution in [0.1, 0.15) is 59.8 Å². The zero-order valence-electron chi connectivity index (χ0n) is 17.1. The average Bonchev–Trinajstić information content (AvgIpc) is 3.02. The van der Waals surface area contributed by atoms with Gasteiger partial charge in [-0.25, -0.2) is 9.59 Å². The van der Waals surface area contributed by atoms with Crippen molar-refractivity contribution < 1.29 is 29.0 Å². The number of carbonyl (C=O) groups excluding carboxylic acids is 2. The third-order valence-electron chi connectivity index (χ3n) is 7.49. The predicted molar refractivity (Wildman–Crippen MR) is 102 cm³/mol. The van der Waals surface area contributed by atoms with Crippen LogP contribution in [0.25, 0.3) is 0 Å². The quantitative estimate of drug-likeness (QED) is 0.721. The molecule has 3 aliphatic rings. The van der Waals surface area contributed by atoms with E-state index in [1.165, 1.54) is 6.92 Å². The number of hydrogen-bond acceptors (Lipinski definition) is 5. The van der Waals surface area contributed by atoms with E-state index in [-0.39, 0.29) is 35.3 Å². The van der Waals surface area contributed by atoms with Gasteiger partial charge in [-0.1, -0.05) is 26.8 Å². The lowest BCUT2D eigenvalue weighted by atomic mass is 9.46. The normalized spacial score (nSPS) is 37.4. The van der Waals surface area contributed by atoms with Crippen molar-refractivity contribution in [2.24, 2.45) is 22.7 Å². The van der Waals surface area contributed by atoms with Gasteiger partial charge >= 0.3 is 17.9 Å². The van der Waals surface area contributed by atoms with E-state index in [1.807, 2.05) is 19.1 Å². The molecule has 0 saturated heterocycles. The highest BCUT2D eigenvalue weighted by Gasteiger charge is 2.59. The van der Waals surface area contributed by atoms with Gasteiger partial charge in [0.1, 0.15) is 12.7 Å². The van der Waals surface area contributed by atoms with Crippen LogP contribution in [0.5, 0.6) is 0 Å². The summed E-state index contributed by atoms with van der Waals surface area (Å²) in [7, 11) is 0. The number of rotatable bonds is 5. The van der Waals surface area contributed by atoms with Crippen LogP contribution in [0.4, 0.5) is 0 Å². The van der Waals surface area contributed by atoms with Gasteiger partial charge in [-0.3, -0.25) is 4.79 Å². The van der Waals surface area contributed by atoms with Crippen LogP contribution >= 0.6 is 0 Å². The van der Waals surface area contributed by atoms with Crippen molar-refractivity contribution in [2.75, 3.05) is 6.61 Å². The van der Waals surface area contributed by atoms with E-state index in [2.05, 4.69) is 13.8 Å². The summed E-state index contributed by atoms with van der Waals surface area (Å²) in [5, 5.41) is 9.84. The van der Waals surface area contributed by atoms with Gasteiger partial charge < -0.3 is 14.6 Å². The highest BCUT2D eigenvalue weighted by atomic mass is 16.5. The summed E-state index contributed by atoms with van der Waals surface area (Å²) in [6.07, 6.45) is 6.75. The number of cyclic esters (lactones) is 1. The number of fused-ring (bicyclic) bond motifs is 1.